The minimum absolute atomic E-state index is 0. The van der Waals surface area contributed by atoms with Gasteiger partial charge in [0.05, 0.1) is 6.61 Å². The van der Waals surface area contributed by atoms with Crippen molar-refractivity contribution < 1.29 is 10.2 Å². The van der Waals surface area contributed by atoms with Gasteiger partial charge in [0.2, 0.25) is 0 Å². The SMILES string of the molecule is N#CNC(C#N)(C#N)C(O)(C#N)C#N.NCCO.[Na]. The summed E-state index contributed by atoms with van der Waals surface area (Å²) in [5.41, 5.74) is -0.697. The maximum absolute atomic E-state index is 9.29. The number of nitrogens with zero attached hydrogens (tertiary/aromatic N) is 5. The molecule has 0 aromatic carbocycles. The quantitative estimate of drug-likeness (QED) is 0.181. The number of aliphatic hydroxyl groups is 2. The van der Waals surface area contributed by atoms with Crippen molar-refractivity contribution in [3.05, 3.63) is 0 Å². The number of hydrogen-bond acceptors (Lipinski definition) is 9. The molecule has 93 valence electrons. The molecule has 5 N–H and O–H groups in total. The van der Waals surface area contributed by atoms with Gasteiger partial charge in [0.1, 0.15) is 24.3 Å². The summed E-state index contributed by atoms with van der Waals surface area (Å²) in [5, 5.41) is 60.9. The Morgan fingerprint density at radius 2 is 1.37 bits per heavy atom. The van der Waals surface area contributed by atoms with Crippen LogP contribution in [-0.4, -0.2) is 64.1 Å². The molecule has 0 aliphatic carbocycles. The third-order valence-electron chi connectivity index (χ3n) is 1.57. The first kappa shape index (κ1) is 22.3. The Bertz CT molecular complexity index is 443. The fraction of sp³-hybridized carbons (Fsp3) is 0.444. The van der Waals surface area contributed by atoms with Gasteiger partial charge in [-0.25, -0.2) is 0 Å². The van der Waals surface area contributed by atoms with Crippen LogP contribution in [0.2, 0.25) is 0 Å². The fourth-order valence-corrected chi connectivity index (χ4v) is 0.610. The van der Waals surface area contributed by atoms with Gasteiger partial charge in [0, 0.05) is 36.1 Å². The van der Waals surface area contributed by atoms with Gasteiger partial charge in [-0.2, -0.15) is 26.3 Å². The van der Waals surface area contributed by atoms with E-state index in [9.17, 15) is 5.11 Å². The van der Waals surface area contributed by atoms with Crippen molar-refractivity contribution in [2.45, 2.75) is 11.1 Å². The molecule has 0 bridgehead atoms. The van der Waals surface area contributed by atoms with Crippen molar-refractivity contribution in [1.82, 2.24) is 5.32 Å². The fourth-order valence-electron chi connectivity index (χ4n) is 0.610. The average molecular weight is 270 g/mol. The Morgan fingerprint density at radius 1 is 1.00 bits per heavy atom. The standard InChI is InChI=1S/C7H2N6O.C2H7NO.Na/c8-1-6(2-9,13-5-12)7(14,3-10)4-11;3-1-2-4;/h13-14H;4H,1-3H2;. The molecule has 0 spiro atoms. The second-order valence-electron chi connectivity index (χ2n) is 2.66. The summed E-state index contributed by atoms with van der Waals surface area (Å²) >= 11 is 0. The summed E-state index contributed by atoms with van der Waals surface area (Å²) in [6.45, 7) is 0.472. The molecule has 9 nitrogen and oxygen atoms in total. The van der Waals surface area contributed by atoms with Gasteiger partial charge in [-0.1, -0.05) is 0 Å². The van der Waals surface area contributed by atoms with E-state index in [4.69, 9.17) is 37.1 Å². The molecule has 0 saturated carbocycles. The molecule has 0 atom stereocenters. The molecule has 10 heteroatoms. The molecule has 19 heavy (non-hydrogen) atoms. The normalized spacial score (nSPS) is 8.53. The second-order valence-corrected chi connectivity index (χ2v) is 2.66. The van der Waals surface area contributed by atoms with Gasteiger partial charge < -0.3 is 15.9 Å². The molecule has 0 rings (SSSR count). The minimum atomic E-state index is -2.90. The first-order valence-electron chi connectivity index (χ1n) is 4.32. The number of aliphatic hydroxyl groups excluding tert-OH is 1. The van der Waals surface area contributed by atoms with Crippen LogP contribution in [0.5, 0.6) is 0 Å². The summed E-state index contributed by atoms with van der Waals surface area (Å²) in [7, 11) is 0. The van der Waals surface area contributed by atoms with Crippen molar-refractivity contribution in [1.29, 1.82) is 26.3 Å². The molecule has 0 aromatic heterocycles. The van der Waals surface area contributed by atoms with Crippen LogP contribution in [0.4, 0.5) is 0 Å². The molecule has 0 aliphatic rings. The third-order valence-corrected chi connectivity index (χ3v) is 1.57. The Labute approximate surface area is 132 Å². The first-order chi connectivity index (χ1) is 8.47. The van der Waals surface area contributed by atoms with Crippen LogP contribution in [-0.2, 0) is 0 Å². The van der Waals surface area contributed by atoms with Crippen LogP contribution in [0.3, 0.4) is 0 Å². The Hall–Kier alpha value is -1.87. The van der Waals surface area contributed by atoms with E-state index in [2.05, 4.69) is 0 Å². The molecule has 0 heterocycles. The summed E-state index contributed by atoms with van der Waals surface area (Å²) in [6, 6.07) is 4.62. The first-order valence-corrected chi connectivity index (χ1v) is 4.32. The molecule has 0 unspecified atom stereocenters. The predicted octanol–water partition coefficient (Wildman–Crippen LogP) is -2.82. The van der Waals surface area contributed by atoms with Gasteiger partial charge >= 0.3 is 0 Å². The van der Waals surface area contributed by atoms with E-state index >= 15 is 0 Å². The monoisotopic (exact) mass is 270 g/mol. The summed E-state index contributed by atoms with van der Waals surface area (Å²) in [6.07, 6.45) is 1.23. The van der Waals surface area contributed by atoms with E-state index in [1.54, 1.807) is 5.32 Å². The van der Waals surface area contributed by atoms with Crippen LogP contribution in [0.25, 0.3) is 0 Å². The molecule has 0 amide bonds. The van der Waals surface area contributed by atoms with Crippen LogP contribution in [0.15, 0.2) is 0 Å². The molecule has 1 radical (unpaired) electrons. The number of nitrogens with one attached hydrogen (secondary N) is 1. The van der Waals surface area contributed by atoms with Gasteiger partial charge in [0.25, 0.3) is 11.1 Å². The van der Waals surface area contributed by atoms with E-state index in [-0.39, 0.29) is 36.2 Å². The second kappa shape index (κ2) is 11.2. The molecule has 0 saturated heterocycles. The van der Waals surface area contributed by atoms with Crippen molar-refractivity contribution in [3.63, 3.8) is 0 Å². The van der Waals surface area contributed by atoms with E-state index in [1.807, 2.05) is 0 Å². The molecular weight excluding hydrogens is 261 g/mol. The smallest absolute Gasteiger partial charge is 0.290 e. The molecule has 0 aliphatic heterocycles. The largest absolute Gasteiger partial charge is 0.395 e. The van der Waals surface area contributed by atoms with E-state index in [0.29, 0.717) is 6.54 Å². The van der Waals surface area contributed by atoms with Gasteiger partial charge in [0.15, 0.2) is 6.19 Å². The van der Waals surface area contributed by atoms with Gasteiger partial charge in [-0.3, -0.25) is 5.32 Å². The summed E-state index contributed by atoms with van der Waals surface area (Å²) in [5.74, 6) is 0. The van der Waals surface area contributed by atoms with Crippen LogP contribution < -0.4 is 11.1 Å². The Kier molecular flexibility index (Phi) is 13.2. The van der Waals surface area contributed by atoms with E-state index in [1.165, 1.54) is 18.3 Å². The van der Waals surface area contributed by atoms with Gasteiger partial charge in [-0.15, -0.1) is 0 Å². The number of nitriles is 5. The molecular formula is C9H9N7NaO2. The molecule has 0 fully saturated rings. The zero-order valence-electron chi connectivity index (χ0n) is 10.1. The average Bonchev–Trinajstić information content (AvgIpc) is 2.44. The van der Waals surface area contributed by atoms with Crippen LogP contribution in [0, 0.1) is 56.8 Å². The Balaban J connectivity index is -0.000000448. The van der Waals surface area contributed by atoms with Crippen molar-refractivity contribution in [2.24, 2.45) is 5.73 Å². The molecule has 0 aromatic rings. The maximum Gasteiger partial charge on any atom is 0.290 e. The maximum atomic E-state index is 9.29. The number of rotatable bonds is 3. The van der Waals surface area contributed by atoms with Crippen molar-refractivity contribution in [2.75, 3.05) is 13.2 Å². The summed E-state index contributed by atoms with van der Waals surface area (Å²) in [4.78, 5) is 0. The zero-order valence-corrected chi connectivity index (χ0v) is 12.1. The van der Waals surface area contributed by atoms with Crippen LogP contribution >= 0.6 is 0 Å². The third kappa shape index (κ3) is 5.53. The Morgan fingerprint density at radius 3 is 1.53 bits per heavy atom. The van der Waals surface area contributed by atoms with E-state index < -0.39 is 11.1 Å². The predicted molar refractivity (Wildman–Crippen MR) is 60.8 cm³/mol. The van der Waals surface area contributed by atoms with Gasteiger partial charge in [-0.05, 0) is 0 Å². The zero-order chi connectivity index (χ0) is 14.7. The van der Waals surface area contributed by atoms with E-state index in [0.717, 1.165) is 12.1 Å². The topological polar surface area (TPSA) is 197 Å². The summed E-state index contributed by atoms with van der Waals surface area (Å²) < 4.78 is 0. The van der Waals surface area contributed by atoms with Crippen molar-refractivity contribution >= 4 is 29.6 Å². The van der Waals surface area contributed by atoms with Crippen LogP contribution in [0.1, 0.15) is 0 Å². The minimum Gasteiger partial charge on any atom is -0.395 e. The number of hydrogen-bond donors (Lipinski definition) is 4. The van der Waals surface area contributed by atoms with Crippen molar-refractivity contribution in [3.8, 4) is 30.5 Å². The number of nitrogens with two attached hydrogens (primary N) is 1.